The standard InChI is InChI=1S/C9H16O2.C9H16O/c1-2-7-11-9-5-3-8(10)4-6-9;1-2-3-8-4-6-9(10)7-5-8/h9H,2-7H2,1H3;8H,2-7H2,1H3. The van der Waals surface area contributed by atoms with Gasteiger partial charge < -0.3 is 4.74 Å². The third kappa shape index (κ3) is 8.35. The van der Waals surface area contributed by atoms with Gasteiger partial charge in [-0.3, -0.25) is 9.59 Å². The lowest BCUT2D eigenvalue weighted by Crippen LogP contribution is -2.21. The van der Waals surface area contributed by atoms with Gasteiger partial charge in [-0.05, 0) is 38.0 Å². The van der Waals surface area contributed by atoms with Crippen molar-refractivity contribution in [3.63, 3.8) is 0 Å². The molecule has 0 N–H and O–H groups in total. The summed E-state index contributed by atoms with van der Waals surface area (Å²) < 4.78 is 5.53. The highest BCUT2D eigenvalue weighted by molar-refractivity contribution is 5.79. The molecule has 0 saturated heterocycles. The first-order chi connectivity index (χ1) is 10.2. The Morgan fingerprint density at radius 2 is 1.38 bits per heavy atom. The molecule has 2 rings (SSSR count). The van der Waals surface area contributed by atoms with Crippen molar-refractivity contribution >= 4 is 11.6 Å². The Morgan fingerprint density at radius 3 is 1.86 bits per heavy atom. The second-order valence-corrected chi connectivity index (χ2v) is 6.38. The molecule has 0 aliphatic heterocycles. The first-order valence-electron chi connectivity index (χ1n) is 8.80. The van der Waals surface area contributed by atoms with Gasteiger partial charge >= 0.3 is 0 Å². The maximum atomic E-state index is 10.8. The van der Waals surface area contributed by atoms with Crippen molar-refractivity contribution in [2.45, 2.75) is 90.6 Å². The van der Waals surface area contributed by atoms with E-state index >= 15 is 0 Å². The van der Waals surface area contributed by atoms with Crippen molar-refractivity contribution in [1.29, 1.82) is 0 Å². The molecule has 2 aliphatic carbocycles. The smallest absolute Gasteiger partial charge is 0.133 e. The first-order valence-corrected chi connectivity index (χ1v) is 8.80. The molecule has 0 radical (unpaired) electrons. The minimum Gasteiger partial charge on any atom is -0.378 e. The van der Waals surface area contributed by atoms with Crippen molar-refractivity contribution in [2.75, 3.05) is 6.61 Å². The van der Waals surface area contributed by atoms with Crippen LogP contribution >= 0.6 is 0 Å². The molecule has 0 amide bonds. The van der Waals surface area contributed by atoms with E-state index in [2.05, 4.69) is 13.8 Å². The molecule has 3 nitrogen and oxygen atoms in total. The van der Waals surface area contributed by atoms with Gasteiger partial charge in [-0.25, -0.2) is 0 Å². The molecule has 0 atom stereocenters. The number of hydrogen-bond donors (Lipinski definition) is 0. The Bertz CT molecular complexity index is 292. The van der Waals surface area contributed by atoms with Gasteiger partial charge in [-0.1, -0.05) is 26.7 Å². The van der Waals surface area contributed by atoms with E-state index in [9.17, 15) is 9.59 Å². The molecular formula is C18H32O3. The predicted molar refractivity (Wildman–Crippen MR) is 85.4 cm³/mol. The van der Waals surface area contributed by atoms with Crippen molar-refractivity contribution in [3.05, 3.63) is 0 Å². The van der Waals surface area contributed by atoms with E-state index < -0.39 is 0 Å². The first kappa shape index (κ1) is 18.3. The summed E-state index contributed by atoms with van der Waals surface area (Å²) in [6.45, 7) is 5.17. The second kappa shape index (κ2) is 10.9. The topological polar surface area (TPSA) is 43.4 Å². The number of rotatable bonds is 5. The van der Waals surface area contributed by atoms with Crippen molar-refractivity contribution in [2.24, 2.45) is 5.92 Å². The Morgan fingerprint density at radius 1 is 0.857 bits per heavy atom. The second-order valence-electron chi connectivity index (χ2n) is 6.38. The van der Waals surface area contributed by atoms with Gasteiger partial charge in [0.15, 0.2) is 0 Å². The predicted octanol–water partition coefficient (Wildman–Crippen LogP) is 4.47. The normalized spacial score (nSPS) is 21.0. The fourth-order valence-electron chi connectivity index (χ4n) is 3.06. The summed E-state index contributed by atoms with van der Waals surface area (Å²) in [7, 11) is 0. The van der Waals surface area contributed by atoms with Gasteiger partial charge in [-0.15, -0.1) is 0 Å². The van der Waals surface area contributed by atoms with E-state index in [1.165, 1.54) is 12.8 Å². The van der Waals surface area contributed by atoms with E-state index in [1.807, 2.05) is 0 Å². The average molecular weight is 296 g/mol. The molecule has 0 heterocycles. The highest BCUT2D eigenvalue weighted by Gasteiger charge is 2.18. The number of carbonyl (C=O) groups is 2. The van der Waals surface area contributed by atoms with Crippen LogP contribution in [0.1, 0.15) is 84.5 Å². The number of Topliss-reactive ketones (excluding diaryl/α,β-unsaturated/α-hetero) is 2. The zero-order valence-corrected chi connectivity index (χ0v) is 13.9. The fourth-order valence-corrected chi connectivity index (χ4v) is 3.06. The summed E-state index contributed by atoms with van der Waals surface area (Å²) in [5.74, 6) is 1.75. The molecule has 21 heavy (non-hydrogen) atoms. The van der Waals surface area contributed by atoms with Crippen LogP contribution in [-0.4, -0.2) is 24.3 Å². The third-order valence-corrected chi connectivity index (χ3v) is 4.41. The van der Waals surface area contributed by atoms with Gasteiger partial charge in [0.1, 0.15) is 11.6 Å². The molecular weight excluding hydrogens is 264 g/mol. The molecule has 0 bridgehead atoms. The van der Waals surface area contributed by atoms with Gasteiger partial charge in [0.05, 0.1) is 6.10 Å². The Labute approximate surface area is 129 Å². The molecule has 2 fully saturated rings. The van der Waals surface area contributed by atoms with Crippen molar-refractivity contribution in [1.82, 2.24) is 0 Å². The number of carbonyl (C=O) groups excluding carboxylic acids is 2. The lowest BCUT2D eigenvalue weighted by Gasteiger charge is -2.20. The summed E-state index contributed by atoms with van der Waals surface area (Å²) in [5, 5.41) is 0. The van der Waals surface area contributed by atoms with Crippen molar-refractivity contribution in [3.8, 4) is 0 Å². The van der Waals surface area contributed by atoms with Gasteiger partial charge in [0.25, 0.3) is 0 Å². The van der Waals surface area contributed by atoms with E-state index in [-0.39, 0.29) is 0 Å². The van der Waals surface area contributed by atoms with E-state index in [4.69, 9.17) is 4.74 Å². The molecule has 3 heteroatoms. The molecule has 2 saturated carbocycles. The summed E-state index contributed by atoms with van der Waals surface area (Å²) in [6.07, 6.45) is 11.4. The Hall–Kier alpha value is -0.700. The highest BCUT2D eigenvalue weighted by atomic mass is 16.5. The zero-order chi connectivity index (χ0) is 15.5. The summed E-state index contributed by atoms with van der Waals surface area (Å²) >= 11 is 0. The SMILES string of the molecule is CCCC1CCC(=O)CC1.CCCOC1CCC(=O)CC1. The van der Waals surface area contributed by atoms with E-state index in [1.54, 1.807) is 0 Å². The molecule has 0 aromatic heterocycles. The van der Waals surface area contributed by atoms with Gasteiger partial charge in [0.2, 0.25) is 0 Å². The van der Waals surface area contributed by atoms with E-state index in [0.717, 1.165) is 70.3 Å². The summed E-state index contributed by atoms with van der Waals surface area (Å²) in [6, 6.07) is 0. The molecule has 122 valence electrons. The van der Waals surface area contributed by atoms with Crippen LogP contribution < -0.4 is 0 Å². The molecule has 0 spiro atoms. The van der Waals surface area contributed by atoms with Crippen LogP contribution in [-0.2, 0) is 14.3 Å². The largest absolute Gasteiger partial charge is 0.378 e. The van der Waals surface area contributed by atoms with Crippen LogP contribution in [0.25, 0.3) is 0 Å². The van der Waals surface area contributed by atoms with Crippen LogP contribution in [0.15, 0.2) is 0 Å². The quantitative estimate of drug-likeness (QED) is 0.751. The van der Waals surface area contributed by atoms with Crippen LogP contribution in [0.3, 0.4) is 0 Å². The summed E-state index contributed by atoms with van der Waals surface area (Å²) in [5.41, 5.74) is 0. The molecule has 2 aliphatic rings. The Balaban J connectivity index is 0.000000211. The summed E-state index contributed by atoms with van der Waals surface area (Å²) in [4.78, 5) is 21.6. The van der Waals surface area contributed by atoms with Gasteiger partial charge in [0, 0.05) is 32.3 Å². The monoisotopic (exact) mass is 296 g/mol. The highest BCUT2D eigenvalue weighted by Crippen LogP contribution is 2.25. The molecule has 0 unspecified atom stereocenters. The minimum atomic E-state index is 0.368. The number of ketones is 2. The van der Waals surface area contributed by atoms with Gasteiger partial charge in [-0.2, -0.15) is 0 Å². The maximum absolute atomic E-state index is 10.8. The van der Waals surface area contributed by atoms with Crippen LogP contribution in [0.4, 0.5) is 0 Å². The van der Waals surface area contributed by atoms with E-state index in [0.29, 0.717) is 17.7 Å². The van der Waals surface area contributed by atoms with Crippen LogP contribution in [0, 0.1) is 5.92 Å². The lowest BCUT2D eigenvalue weighted by atomic mass is 9.86. The average Bonchev–Trinajstić information content (AvgIpc) is 2.50. The minimum absolute atomic E-state index is 0.368. The fraction of sp³-hybridized carbons (Fsp3) is 0.889. The maximum Gasteiger partial charge on any atom is 0.133 e. The Kier molecular flexibility index (Phi) is 9.56. The lowest BCUT2D eigenvalue weighted by molar-refractivity contribution is -0.123. The third-order valence-electron chi connectivity index (χ3n) is 4.41. The van der Waals surface area contributed by atoms with Crippen molar-refractivity contribution < 1.29 is 14.3 Å². The van der Waals surface area contributed by atoms with Crippen LogP contribution in [0.5, 0.6) is 0 Å². The number of hydrogen-bond acceptors (Lipinski definition) is 3. The van der Waals surface area contributed by atoms with Crippen LogP contribution in [0.2, 0.25) is 0 Å². The zero-order valence-electron chi connectivity index (χ0n) is 13.9. The molecule has 0 aromatic carbocycles. The molecule has 0 aromatic rings. The number of ether oxygens (including phenoxy) is 1.